The number of aliphatic hydroxyl groups excluding tert-OH is 1. The van der Waals surface area contributed by atoms with E-state index in [1.807, 2.05) is 0 Å². The van der Waals surface area contributed by atoms with Gasteiger partial charge in [0, 0.05) is 19.0 Å². The Morgan fingerprint density at radius 1 is 1.25 bits per heavy atom. The van der Waals surface area contributed by atoms with Crippen LogP contribution in [0, 0.1) is 0 Å². The minimum Gasteiger partial charge on any atom is -0.395 e. The van der Waals surface area contributed by atoms with Gasteiger partial charge in [0.2, 0.25) is 0 Å². The summed E-state index contributed by atoms with van der Waals surface area (Å²) in [6, 6.07) is 8.96. The van der Waals surface area contributed by atoms with E-state index < -0.39 is 0 Å². The minimum atomic E-state index is 0.254. The van der Waals surface area contributed by atoms with E-state index in [-0.39, 0.29) is 6.61 Å². The van der Waals surface area contributed by atoms with Crippen molar-refractivity contribution in [1.29, 1.82) is 0 Å². The predicted octanol–water partition coefficient (Wildman–Crippen LogP) is 3.04. The highest BCUT2D eigenvalue weighted by Crippen LogP contribution is 2.31. The number of fused-ring (bicyclic) bond motifs is 2. The van der Waals surface area contributed by atoms with Crippen molar-refractivity contribution in [3.63, 3.8) is 0 Å². The number of nitrogens with two attached hydrogens (primary N) is 1. The van der Waals surface area contributed by atoms with Gasteiger partial charge < -0.3 is 10.8 Å². The zero-order valence-electron chi connectivity index (χ0n) is 13.7. The maximum Gasteiger partial charge on any atom is 0.141 e. The largest absolute Gasteiger partial charge is 0.395 e. The van der Waals surface area contributed by atoms with Gasteiger partial charge in [-0.1, -0.05) is 18.6 Å². The molecule has 0 aliphatic carbocycles. The summed E-state index contributed by atoms with van der Waals surface area (Å²) in [4.78, 5) is 8.14. The number of piperidine rings is 1. The fraction of sp³-hybridized carbons (Fsp3) is 0.421. The van der Waals surface area contributed by atoms with Crippen molar-refractivity contribution in [3.8, 4) is 0 Å². The Bertz CT molecular complexity index is 768. The third-order valence-corrected chi connectivity index (χ3v) is 6.07. The molecule has 5 heteroatoms. The molecule has 1 aromatic heterocycles. The summed E-state index contributed by atoms with van der Waals surface area (Å²) in [5.41, 5.74) is 10.9. The van der Waals surface area contributed by atoms with Crippen LogP contribution in [0.15, 0.2) is 34.6 Å². The maximum atomic E-state index is 9.61. The average molecular weight is 341 g/mol. The molecule has 126 valence electrons. The van der Waals surface area contributed by atoms with E-state index in [0.29, 0.717) is 11.9 Å². The zero-order valence-corrected chi connectivity index (χ0v) is 14.6. The molecule has 0 radical (unpaired) electrons. The van der Waals surface area contributed by atoms with Gasteiger partial charge in [0.15, 0.2) is 0 Å². The lowest BCUT2D eigenvalue weighted by Crippen LogP contribution is -2.41. The maximum absolute atomic E-state index is 9.61. The van der Waals surface area contributed by atoms with E-state index in [2.05, 4.69) is 39.5 Å². The third-order valence-electron chi connectivity index (χ3n) is 5.09. The van der Waals surface area contributed by atoms with E-state index in [1.165, 1.54) is 29.5 Å². The highest BCUT2D eigenvalue weighted by molar-refractivity contribution is 7.12. The molecule has 0 saturated carbocycles. The summed E-state index contributed by atoms with van der Waals surface area (Å²) in [7, 11) is 0. The normalized spacial score (nSPS) is 20.9. The average Bonchev–Trinajstić information content (AvgIpc) is 3.01. The predicted molar refractivity (Wildman–Crippen MR) is 99.1 cm³/mol. The van der Waals surface area contributed by atoms with Gasteiger partial charge in [-0.2, -0.15) is 0 Å². The fourth-order valence-corrected chi connectivity index (χ4v) is 4.61. The SMILES string of the molecule is NC1=Nc2ccc(CN3CCCCC3CO)cc2Cc2ccsc21. The van der Waals surface area contributed by atoms with Crippen molar-refractivity contribution >= 4 is 22.9 Å². The lowest BCUT2D eigenvalue weighted by Gasteiger charge is -2.34. The van der Waals surface area contributed by atoms with Crippen LogP contribution in [0.25, 0.3) is 0 Å². The molecule has 4 rings (SSSR count). The highest BCUT2D eigenvalue weighted by Gasteiger charge is 2.22. The lowest BCUT2D eigenvalue weighted by atomic mass is 9.99. The van der Waals surface area contributed by atoms with Gasteiger partial charge >= 0.3 is 0 Å². The van der Waals surface area contributed by atoms with E-state index in [4.69, 9.17) is 5.73 Å². The molecule has 24 heavy (non-hydrogen) atoms. The summed E-state index contributed by atoms with van der Waals surface area (Å²) in [6.45, 7) is 2.22. The topological polar surface area (TPSA) is 61.8 Å². The smallest absolute Gasteiger partial charge is 0.141 e. The first-order valence-corrected chi connectivity index (χ1v) is 9.50. The van der Waals surface area contributed by atoms with Crippen molar-refractivity contribution in [3.05, 3.63) is 51.2 Å². The molecule has 1 fully saturated rings. The first-order chi connectivity index (χ1) is 11.7. The number of hydrogen-bond acceptors (Lipinski definition) is 5. The molecule has 1 saturated heterocycles. The molecule has 0 bridgehead atoms. The summed E-state index contributed by atoms with van der Waals surface area (Å²) < 4.78 is 0. The molecule has 0 amide bonds. The molecule has 1 aromatic carbocycles. The Morgan fingerprint density at radius 3 is 3.04 bits per heavy atom. The van der Waals surface area contributed by atoms with Gasteiger partial charge in [0.25, 0.3) is 0 Å². The van der Waals surface area contributed by atoms with Crippen LogP contribution < -0.4 is 5.73 Å². The summed E-state index contributed by atoms with van der Waals surface area (Å²) in [5.74, 6) is 0.628. The summed E-state index contributed by atoms with van der Waals surface area (Å²) in [5, 5.41) is 11.7. The van der Waals surface area contributed by atoms with Crippen molar-refractivity contribution in [2.45, 2.75) is 38.3 Å². The Hall–Kier alpha value is -1.69. The molecular formula is C19H23N3OS. The van der Waals surface area contributed by atoms with E-state index >= 15 is 0 Å². The van der Waals surface area contributed by atoms with Gasteiger partial charge in [-0.05, 0) is 53.6 Å². The number of hydrogen-bond donors (Lipinski definition) is 2. The van der Waals surface area contributed by atoms with Crippen LogP contribution in [-0.2, 0) is 13.0 Å². The number of nitrogens with zero attached hydrogens (tertiary/aromatic N) is 2. The number of benzene rings is 1. The van der Waals surface area contributed by atoms with Crippen LogP contribution in [0.5, 0.6) is 0 Å². The van der Waals surface area contributed by atoms with Crippen molar-refractivity contribution in [1.82, 2.24) is 4.90 Å². The number of amidine groups is 1. The zero-order chi connectivity index (χ0) is 16.5. The second kappa shape index (κ2) is 6.67. The monoisotopic (exact) mass is 341 g/mol. The number of thiophene rings is 1. The number of rotatable bonds is 3. The van der Waals surface area contributed by atoms with Crippen molar-refractivity contribution < 1.29 is 5.11 Å². The van der Waals surface area contributed by atoms with Crippen LogP contribution >= 0.6 is 11.3 Å². The number of aliphatic imine (C=N–C) groups is 1. The molecular weight excluding hydrogens is 318 g/mol. The molecule has 2 aliphatic heterocycles. The van der Waals surface area contributed by atoms with Crippen LogP contribution in [0.1, 0.15) is 40.8 Å². The Balaban J connectivity index is 1.61. The van der Waals surface area contributed by atoms with Gasteiger partial charge in [-0.25, -0.2) is 4.99 Å². The third kappa shape index (κ3) is 2.99. The second-order valence-electron chi connectivity index (χ2n) is 6.71. The van der Waals surface area contributed by atoms with E-state index in [1.54, 1.807) is 11.3 Å². The summed E-state index contributed by atoms with van der Waals surface area (Å²) in [6.07, 6.45) is 4.43. The van der Waals surface area contributed by atoms with Crippen LogP contribution in [-0.4, -0.2) is 35.0 Å². The van der Waals surface area contributed by atoms with Gasteiger partial charge in [0.1, 0.15) is 5.84 Å². The van der Waals surface area contributed by atoms with Gasteiger partial charge in [0.05, 0.1) is 17.2 Å². The van der Waals surface area contributed by atoms with Gasteiger partial charge in [-0.15, -0.1) is 11.3 Å². The van der Waals surface area contributed by atoms with Gasteiger partial charge in [-0.3, -0.25) is 4.90 Å². The molecule has 4 nitrogen and oxygen atoms in total. The number of likely N-dealkylation sites (tertiary alicyclic amines) is 1. The standard InChI is InChI=1S/C19H23N3OS/c20-19-18-14(6-8-24-18)10-15-9-13(4-5-17(15)21-19)11-22-7-2-1-3-16(22)12-23/h4-6,8-9,16,23H,1-3,7,10-12H2,(H2,20,21). The molecule has 2 aliphatic rings. The molecule has 0 spiro atoms. The Morgan fingerprint density at radius 2 is 2.17 bits per heavy atom. The quantitative estimate of drug-likeness (QED) is 0.902. The Labute approximate surface area is 146 Å². The van der Waals surface area contributed by atoms with E-state index in [9.17, 15) is 5.11 Å². The number of aliphatic hydroxyl groups is 1. The van der Waals surface area contributed by atoms with E-state index in [0.717, 1.165) is 36.5 Å². The van der Waals surface area contributed by atoms with Crippen LogP contribution in [0.3, 0.4) is 0 Å². The fourth-order valence-electron chi connectivity index (χ4n) is 3.78. The molecule has 1 unspecified atom stereocenters. The molecule has 3 N–H and O–H groups in total. The second-order valence-corrected chi connectivity index (χ2v) is 7.63. The van der Waals surface area contributed by atoms with Crippen LogP contribution in [0.4, 0.5) is 5.69 Å². The summed E-state index contributed by atoms with van der Waals surface area (Å²) >= 11 is 1.66. The first kappa shape index (κ1) is 15.8. The van der Waals surface area contributed by atoms with Crippen molar-refractivity contribution in [2.24, 2.45) is 10.7 Å². The molecule has 3 heterocycles. The first-order valence-electron chi connectivity index (χ1n) is 8.62. The highest BCUT2D eigenvalue weighted by atomic mass is 32.1. The van der Waals surface area contributed by atoms with Crippen molar-refractivity contribution in [2.75, 3.05) is 13.2 Å². The minimum absolute atomic E-state index is 0.254. The lowest BCUT2D eigenvalue weighted by molar-refractivity contribution is 0.0841. The van der Waals surface area contributed by atoms with Crippen LogP contribution in [0.2, 0.25) is 0 Å². The molecule has 1 atom stereocenters. The Kier molecular flexibility index (Phi) is 4.39. The molecule has 2 aromatic rings.